The van der Waals surface area contributed by atoms with E-state index in [0.717, 1.165) is 21.4 Å². The van der Waals surface area contributed by atoms with Crippen LogP contribution in [0, 0.1) is 5.92 Å². The van der Waals surface area contributed by atoms with Crippen LogP contribution in [0.1, 0.15) is 78.1 Å². The average Bonchev–Trinajstić information content (AvgIpc) is 2.45. The van der Waals surface area contributed by atoms with Gasteiger partial charge in [0.15, 0.2) is 5.17 Å². The van der Waals surface area contributed by atoms with Crippen LogP contribution < -0.4 is 5.73 Å². The summed E-state index contributed by atoms with van der Waals surface area (Å²) < 4.78 is 0.769. The fourth-order valence-electron chi connectivity index (χ4n) is 2.28. The molecule has 0 fully saturated rings. The smallest absolute Gasteiger partial charge is 0.154 e. The molecule has 4 heteroatoms. The van der Waals surface area contributed by atoms with Crippen LogP contribution in [0.4, 0.5) is 0 Å². The molecular weight excluding hydrogens is 379 g/mol. The molecule has 1 atom stereocenters. The van der Waals surface area contributed by atoms with E-state index in [-0.39, 0.29) is 0 Å². The van der Waals surface area contributed by atoms with Crippen molar-refractivity contribution in [3.63, 3.8) is 0 Å². The van der Waals surface area contributed by atoms with Crippen LogP contribution in [0.5, 0.6) is 0 Å². The highest BCUT2D eigenvalue weighted by Crippen LogP contribution is 2.20. The number of hydrogen-bond acceptors (Lipinski definition) is 2. The van der Waals surface area contributed by atoms with Crippen molar-refractivity contribution in [2.45, 2.75) is 78.1 Å². The van der Waals surface area contributed by atoms with E-state index in [2.05, 4.69) is 41.4 Å². The Hall–Kier alpha value is 0.550. The quantitative estimate of drug-likeness (QED) is 0.101. The number of halogens is 1. The summed E-state index contributed by atoms with van der Waals surface area (Å²) in [6.45, 7) is 4.57. The van der Waals surface area contributed by atoms with Crippen molar-refractivity contribution < 1.29 is 0 Å². The van der Waals surface area contributed by atoms with Gasteiger partial charge in [0.25, 0.3) is 0 Å². The molecule has 0 amide bonds. The molecule has 20 heavy (non-hydrogen) atoms. The van der Waals surface area contributed by atoms with E-state index >= 15 is 0 Å². The first kappa shape index (κ1) is 20.6. The van der Waals surface area contributed by atoms with Crippen LogP contribution in [-0.2, 0) is 0 Å². The minimum atomic E-state index is 0.758. The molecular formula is C16H33IN2S. The highest BCUT2D eigenvalue weighted by atomic mass is 127. The summed E-state index contributed by atoms with van der Waals surface area (Å²) in [4.78, 5) is 4.22. The van der Waals surface area contributed by atoms with Crippen LogP contribution in [-0.4, -0.2) is 15.5 Å². The Morgan fingerprint density at radius 1 is 1.05 bits per heavy atom. The topological polar surface area (TPSA) is 38.4 Å². The lowest BCUT2D eigenvalue weighted by atomic mass is 9.99. The highest BCUT2D eigenvalue weighted by molar-refractivity contribution is 14.1. The molecule has 120 valence electrons. The van der Waals surface area contributed by atoms with Gasteiger partial charge in [-0.2, -0.15) is 0 Å². The minimum absolute atomic E-state index is 0.758. The SMILES string of the molecule is CCCCCCCCCCC(CC)CS/C(N)=N/CI. The Balaban J connectivity index is 3.48. The van der Waals surface area contributed by atoms with Crippen molar-refractivity contribution >= 4 is 39.5 Å². The van der Waals surface area contributed by atoms with Crippen molar-refractivity contribution in [1.82, 2.24) is 0 Å². The van der Waals surface area contributed by atoms with Gasteiger partial charge in [0.05, 0.1) is 4.55 Å². The molecule has 0 spiro atoms. The van der Waals surface area contributed by atoms with E-state index in [9.17, 15) is 0 Å². The van der Waals surface area contributed by atoms with Crippen molar-refractivity contribution in [2.75, 3.05) is 10.3 Å². The Morgan fingerprint density at radius 3 is 2.20 bits per heavy atom. The Bertz CT molecular complexity index is 235. The second kappa shape index (κ2) is 15.9. The van der Waals surface area contributed by atoms with E-state index < -0.39 is 0 Å². The number of unbranched alkanes of at least 4 members (excludes halogenated alkanes) is 7. The number of alkyl halides is 1. The van der Waals surface area contributed by atoms with Gasteiger partial charge in [-0.3, -0.25) is 4.99 Å². The van der Waals surface area contributed by atoms with Gasteiger partial charge in [-0.25, -0.2) is 0 Å². The number of hydrogen-bond donors (Lipinski definition) is 1. The van der Waals surface area contributed by atoms with E-state index in [0.29, 0.717) is 0 Å². The van der Waals surface area contributed by atoms with Crippen LogP contribution in [0.15, 0.2) is 4.99 Å². The normalized spacial score (nSPS) is 13.7. The monoisotopic (exact) mass is 412 g/mol. The van der Waals surface area contributed by atoms with E-state index in [1.807, 2.05) is 0 Å². The van der Waals surface area contributed by atoms with Crippen LogP contribution >= 0.6 is 34.4 Å². The molecule has 0 aliphatic rings. The standard InChI is InChI=1S/C16H33IN2S/c1-3-5-6-7-8-9-10-11-12-15(4-2)13-20-16(18)19-14-17/h15H,3-14H2,1-2H3,(H2,18,19). The third-order valence-electron chi connectivity index (χ3n) is 3.73. The van der Waals surface area contributed by atoms with Gasteiger partial charge in [-0.1, -0.05) is 106 Å². The molecule has 0 saturated carbocycles. The van der Waals surface area contributed by atoms with Crippen LogP contribution in [0.3, 0.4) is 0 Å². The zero-order valence-electron chi connectivity index (χ0n) is 13.4. The summed E-state index contributed by atoms with van der Waals surface area (Å²) in [5, 5.41) is 0.758. The summed E-state index contributed by atoms with van der Waals surface area (Å²) in [5.41, 5.74) is 5.83. The number of amidine groups is 1. The van der Waals surface area contributed by atoms with Crippen molar-refractivity contribution in [1.29, 1.82) is 0 Å². The van der Waals surface area contributed by atoms with Crippen molar-refractivity contribution in [3.05, 3.63) is 0 Å². The first-order valence-electron chi connectivity index (χ1n) is 8.23. The van der Waals surface area contributed by atoms with Crippen molar-refractivity contribution in [3.8, 4) is 0 Å². The number of thioether (sulfide) groups is 1. The second-order valence-electron chi connectivity index (χ2n) is 5.46. The van der Waals surface area contributed by atoms with Gasteiger partial charge in [0.1, 0.15) is 0 Å². The first-order chi connectivity index (χ1) is 9.74. The lowest BCUT2D eigenvalue weighted by molar-refractivity contribution is 0.476. The van der Waals surface area contributed by atoms with Gasteiger partial charge >= 0.3 is 0 Å². The van der Waals surface area contributed by atoms with Crippen LogP contribution in [0.25, 0.3) is 0 Å². The van der Waals surface area contributed by atoms with E-state index in [1.54, 1.807) is 11.8 Å². The van der Waals surface area contributed by atoms with E-state index in [1.165, 1.54) is 64.2 Å². The molecule has 0 aliphatic carbocycles. The Labute approximate surface area is 144 Å². The lowest BCUT2D eigenvalue weighted by Gasteiger charge is -2.13. The third-order valence-corrected chi connectivity index (χ3v) is 5.13. The van der Waals surface area contributed by atoms with Crippen molar-refractivity contribution in [2.24, 2.45) is 16.6 Å². The predicted molar refractivity (Wildman–Crippen MR) is 104 cm³/mol. The van der Waals surface area contributed by atoms with Gasteiger partial charge in [0.2, 0.25) is 0 Å². The number of nitrogens with zero attached hydrogens (tertiary/aromatic N) is 1. The average molecular weight is 412 g/mol. The second-order valence-corrected chi connectivity index (χ2v) is 7.19. The molecule has 0 aromatic heterocycles. The number of rotatable bonds is 13. The summed E-state index contributed by atoms with van der Waals surface area (Å²) in [6, 6.07) is 0. The Morgan fingerprint density at radius 2 is 1.65 bits per heavy atom. The molecule has 2 nitrogen and oxygen atoms in total. The fourth-order valence-corrected chi connectivity index (χ4v) is 3.84. The molecule has 0 bridgehead atoms. The zero-order chi connectivity index (χ0) is 15.1. The lowest BCUT2D eigenvalue weighted by Crippen LogP contribution is -2.11. The zero-order valence-corrected chi connectivity index (χ0v) is 16.3. The van der Waals surface area contributed by atoms with Gasteiger partial charge in [0, 0.05) is 5.75 Å². The summed E-state index contributed by atoms with van der Waals surface area (Å²) in [5.74, 6) is 1.95. The predicted octanol–water partition coefficient (Wildman–Crippen LogP) is 5.98. The van der Waals surface area contributed by atoms with Gasteiger partial charge < -0.3 is 5.73 Å². The summed E-state index contributed by atoms with van der Waals surface area (Å²) in [7, 11) is 0. The molecule has 0 rings (SSSR count). The molecule has 0 aromatic rings. The summed E-state index contributed by atoms with van der Waals surface area (Å²) in [6.07, 6.45) is 13.9. The highest BCUT2D eigenvalue weighted by Gasteiger charge is 2.07. The molecule has 0 heterocycles. The molecule has 2 N–H and O–H groups in total. The Kier molecular flexibility index (Phi) is 16.4. The van der Waals surface area contributed by atoms with Crippen LogP contribution in [0.2, 0.25) is 0 Å². The maximum atomic E-state index is 5.83. The fraction of sp³-hybridized carbons (Fsp3) is 0.938. The summed E-state index contributed by atoms with van der Waals surface area (Å²) >= 11 is 3.97. The number of nitrogens with two attached hydrogens (primary N) is 1. The number of aliphatic imine (C=N–C) groups is 1. The molecule has 0 radical (unpaired) electrons. The first-order valence-corrected chi connectivity index (χ1v) is 10.7. The van der Waals surface area contributed by atoms with E-state index in [4.69, 9.17) is 5.73 Å². The maximum absolute atomic E-state index is 5.83. The van der Waals surface area contributed by atoms with Gasteiger partial charge in [-0.15, -0.1) is 0 Å². The molecule has 0 aliphatic heterocycles. The molecule has 0 aromatic carbocycles. The van der Waals surface area contributed by atoms with Gasteiger partial charge in [-0.05, 0) is 12.3 Å². The maximum Gasteiger partial charge on any atom is 0.154 e. The largest absolute Gasteiger partial charge is 0.379 e. The molecule has 1 unspecified atom stereocenters. The molecule has 0 saturated heterocycles. The third kappa shape index (κ3) is 13.5. The minimum Gasteiger partial charge on any atom is -0.379 e.